The van der Waals surface area contributed by atoms with Crippen LogP contribution < -0.4 is 5.49 Å². The van der Waals surface area contributed by atoms with Crippen LogP contribution in [0.15, 0.2) is 48.0 Å². The first-order chi connectivity index (χ1) is 14.7. The minimum atomic E-state index is -4.51. The van der Waals surface area contributed by atoms with Gasteiger partial charge in [0.2, 0.25) is 5.49 Å². The second-order valence-corrected chi connectivity index (χ2v) is 7.02. The van der Waals surface area contributed by atoms with Crippen LogP contribution in [0.3, 0.4) is 0 Å². The molecule has 1 aliphatic rings. The second kappa shape index (κ2) is 7.96. The van der Waals surface area contributed by atoms with Crippen LogP contribution in [0.2, 0.25) is 0 Å². The Bertz CT molecular complexity index is 1130. The molecule has 12 heteroatoms. The van der Waals surface area contributed by atoms with Gasteiger partial charge in [0.15, 0.2) is 6.23 Å². The molecule has 3 heterocycles. The van der Waals surface area contributed by atoms with Crippen LogP contribution in [-0.2, 0) is 15.8 Å². The number of aromatic nitrogens is 3. The van der Waals surface area contributed by atoms with Crippen molar-refractivity contribution < 1.29 is 38.1 Å². The van der Waals surface area contributed by atoms with Crippen LogP contribution in [0.5, 0.6) is 0 Å². The van der Waals surface area contributed by atoms with E-state index >= 15 is 0 Å². The van der Waals surface area contributed by atoms with E-state index in [1.54, 1.807) is 12.3 Å². The van der Waals surface area contributed by atoms with Crippen molar-refractivity contribution in [3.05, 3.63) is 59.5 Å². The molecule has 0 aliphatic carbocycles. The molecule has 9 nitrogen and oxygen atoms in total. The highest BCUT2D eigenvalue weighted by atomic mass is 19.4. The zero-order valence-corrected chi connectivity index (χ0v) is 16.1. The fraction of sp³-hybridized carbons (Fsp3) is 0.368. The first-order valence-electron chi connectivity index (χ1n) is 9.20. The highest BCUT2D eigenvalue weighted by Crippen LogP contribution is 2.38. The van der Waals surface area contributed by atoms with Crippen molar-refractivity contribution in [3.63, 3.8) is 0 Å². The number of H-pyrrole nitrogens is 1. The number of aliphatic hydroxyl groups is 3. The first kappa shape index (κ1) is 21.3. The maximum absolute atomic E-state index is 12.8. The van der Waals surface area contributed by atoms with Gasteiger partial charge >= 0.3 is 6.18 Å². The van der Waals surface area contributed by atoms with Gasteiger partial charge in [-0.3, -0.25) is 0 Å². The summed E-state index contributed by atoms with van der Waals surface area (Å²) in [5.41, 5.74) is -0.00946. The van der Waals surface area contributed by atoms with Crippen molar-refractivity contribution in [2.75, 3.05) is 7.11 Å². The maximum atomic E-state index is 12.8. The van der Waals surface area contributed by atoms with E-state index in [0.29, 0.717) is 11.0 Å². The topological polar surface area (TPSA) is 125 Å². The highest BCUT2D eigenvalue weighted by molar-refractivity contribution is 5.74. The smallest absolute Gasteiger partial charge is 0.397 e. The Morgan fingerprint density at radius 3 is 2.55 bits per heavy atom. The van der Waals surface area contributed by atoms with Gasteiger partial charge in [-0.25, -0.2) is 4.98 Å². The van der Waals surface area contributed by atoms with Gasteiger partial charge in [0.05, 0.1) is 17.3 Å². The molecule has 1 aliphatic heterocycles. The van der Waals surface area contributed by atoms with Gasteiger partial charge in [-0.1, -0.05) is 17.3 Å². The van der Waals surface area contributed by atoms with E-state index in [1.165, 1.54) is 18.0 Å². The lowest BCUT2D eigenvalue weighted by molar-refractivity contribution is -0.137. The third kappa shape index (κ3) is 3.78. The quantitative estimate of drug-likeness (QED) is 0.452. The van der Waals surface area contributed by atoms with E-state index in [0.717, 1.165) is 24.3 Å². The molecule has 2 aromatic heterocycles. The molecule has 1 fully saturated rings. The summed E-state index contributed by atoms with van der Waals surface area (Å²) in [7, 11) is 1.37. The SMILES string of the molecule is CO/N=c1\nc[nH]c2c1ccn2[C@@H]1O[C@H]([C@H](O)c2ccc(C(F)(F)F)cc2)[C@@H](O)[C@H]1O. The minimum absolute atomic E-state index is 0.110. The molecule has 1 saturated heterocycles. The Balaban J connectivity index is 1.62. The fourth-order valence-corrected chi connectivity index (χ4v) is 3.61. The molecular formula is C19H19F3N4O5. The number of hydrogen-bond donors (Lipinski definition) is 4. The number of nitrogens with one attached hydrogen (secondary N) is 1. The molecule has 0 saturated carbocycles. The molecule has 166 valence electrons. The largest absolute Gasteiger partial charge is 0.416 e. The van der Waals surface area contributed by atoms with Crippen LogP contribution >= 0.6 is 0 Å². The van der Waals surface area contributed by atoms with E-state index in [1.807, 2.05) is 0 Å². The first-order valence-corrected chi connectivity index (χ1v) is 9.20. The van der Waals surface area contributed by atoms with Gasteiger partial charge in [0, 0.05) is 6.20 Å². The Morgan fingerprint density at radius 2 is 1.90 bits per heavy atom. The predicted octanol–water partition coefficient (Wildman–Crippen LogP) is 1.20. The van der Waals surface area contributed by atoms with E-state index < -0.39 is 42.4 Å². The van der Waals surface area contributed by atoms with Crippen molar-refractivity contribution in [1.82, 2.24) is 14.5 Å². The average Bonchev–Trinajstić information content (AvgIpc) is 3.29. The summed E-state index contributed by atoms with van der Waals surface area (Å²) in [6, 6.07) is 5.52. The fourth-order valence-electron chi connectivity index (χ4n) is 3.61. The number of benzene rings is 1. The lowest BCUT2D eigenvalue weighted by atomic mass is 9.98. The number of fused-ring (bicyclic) bond motifs is 1. The monoisotopic (exact) mass is 440 g/mol. The summed E-state index contributed by atoms with van der Waals surface area (Å²) >= 11 is 0. The van der Waals surface area contributed by atoms with Crippen molar-refractivity contribution in [1.29, 1.82) is 0 Å². The number of halogens is 3. The van der Waals surface area contributed by atoms with Crippen molar-refractivity contribution in [2.45, 2.75) is 36.8 Å². The highest BCUT2D eigenvalue weighted by Gasteiger charge is 2.47. The van der Waals surface area contributed by atoms with E-state index in [-0.39, 0.29) is 11.1 Å². The van der Waals surface area contributed by atoms with Crippen LogP contribution in [0.1, 0.15) is 23.5 Å². The number of ether oxygens (including phenoxy) is 1. The molecule has 4 N–H and O–H groups in total. The van der Waals surface area contributed by atoms with Gasteiger partial charge < -0.3 is 34.4 Å². The van der Waals surface area contributed by atoms with Crippen molar-refractivity contribution in [2.24, 2.45) is 5.16 Å². The number of aliphatic hydroxyl groups excluding tert-OH is 3. The Hall–Kier alpha value is -2.93. The summed E-state index contributed by atoms with van der Waals surface area (Å²) in [5.74, 6) is 0. The van der Waals surface area contributed by atoms with Crippen LogP contribution in [-0.4, -0.2) is 55.3 Å². The minimum Gasteiger partial charge on any atom is -0.397 e. The van der Waals surface area contributed by atoms with Crippen molar-refractivity contribution >= 4 is 11.0 Å². The lowest BCUT2D eigenvalue weighted by Crippen LogP contribution is -2.34. The van der Waals surface area contributed by atoms with E-state index in [9.17, 15) is 28.5 Å². The van der Waals surface area contributed by atoms with Crippen molar-refractivity contribution in [3.8, 4) is 0 Å². The van der Waals surface area contributed by atoms with Gasteiger partial charge in [-0.15, -0.1) is 0 Å². The summed E-state index contributed by atoms with van der Waals surface area (Å²) in [5, 5.41) is 36.0. The summed E-state index contributed by atoms with van der Waals surface area (Å²) in [4.78, 5) is 11.7. The van der Waals surface area contributed by atoms with Gasteiger partial charge in [-0.2, -0.15) is 13.2 Å². The molecule has 0 unspecified atom stereocenters. The number of aromatic amines is 1. The number of hydrogen-bond acceptors (Lipinski definition) is 7. The van der Waals surface area contributed by atoms with Gasteiger partial charge in [0.1, 0.15) is 37.2 Å². The Kier molecular flexibility index (Phi) is 5.47. The maximum Gasteiger partial charge on any atom is 0.416 e. The standard InChI is InChI=1S/C19H19F3N4O5/c1-30-25-16-11-6-7-26(17(11)24-8-23-16)18-14(29)13(28)15(31-18)12(27)9-2-4-10(5-3-9)19(20,21)22/h2-8,12-15,18,27-29H,1H3,(H,23,24,25)/t12-,13+,14-,15-,18-/m1/s1. The zero-order chi connectivity index (χ0) is 22.3. The van der Waals surface area contributed by atoms with Crippen LogP contribution in [0, 0.1) is 0 Å². The van der Waals surface area contributed by atoms with Crippen LogP contribution in [0.4, 0.5) is 13.2 Å². The predicted molar refractivity (Wildman–Crippen MR) is 99.0 cm³/mol. The molecule has 31 heavy (non-hydrogen) atoms. The number of rotatable bonds is 4. The lowest BCUT2D eigenvalue weighted by Gasteiger charge is -2.22. The molecular weight excluding hydrogens is 421 g/mol. The third-order valence-electron chi connectivity index (χ3n) is 5.16. The summed E-state index contributed by atoms with van der Waals surface area (Å²) in [6.45, 7) is 0. The Labute approximate surface area is 173 Å². The number of alkyl halides is 3. The van der Waals surface area contributed by atoms with E-state index in [4.69, 9.17) is 9.57 Å². The summed E-state index contributed by atoms with van der Waals surface area (Å²) in [6.07, 6.45) is -8.33. The molecule has 5 atom stereocenters. The summed E-state index contributed by atoms with van der Waals surface area (Å²) < 4.78 is 45.5. The molecule has 4 rings (SSSR count). The third-order valence-corrected chi connectivity index (χ3v) is 5.16. The molecule has 0 bridgehead atoms. The second-order valence-electron chi connectivity index (χ2n) is 7.02. The number of nitrogens with zero attached hydrogens (tertiary/aromatic N) is 3. The van der Waals surface area contributed by atoms with Gasteiger partial charge in [0.25, 0.3) is 0 Å². The normalized spacial score (nSPS) is 25.8. The average molecular weight is 440 g/mol. The zero-order valence-electron chi connectivity index (χ0n) is 16.1. The molecule has 0 amide bonds. The molecule has 0 radical (unpaired) electrons. The molecule has 3 aromatic rings. The molecule has 1 aromatic carbocycles. The Morgan fingerprint density at radius 1 is 1.19 bits per heavy atom. The van der Waals surface area contributed by atoms with Gasteiger partial charge in [-0.05, 0) is 23.8 Å². The molecule has 0 spiro atoms. The van der Waals surface area contributed by atoms with E-state index in [2.05, 4.69) is 15.1 Å². The van der Waals surface area contributed by atoms with Crippen LogP contribution in [0.25, 0.3) is 11.0 Å².